The first-order valence-corrected chi connectivity index (χ1v) is 14.4. The molecule has 5 heterocycles. The van der Waals surface area contributed by atoms with E-state index in [-0.39, 0.29) is 17.9 Å². The minimum atomic E-state index is -0.351. The van der Waals surface area contributed by atoms with Crippen LogP contribution in [0.25, 0.3) is 11.0 Å². The lowest BCUT2D eigenvalue weighted by atomic mass is 9.93. The van der Waals surface area contributed by atoms with Crippen LogP contribution in [-0.4, -0.2) is 69.1 Å². The maximum absolute atomic E-state index is 12.2. The summed E-state index contributed by atoms with van der Waals surface area (Å²) in [5, 5.41) is 0. The molecule has 0 bridgehead atoms. The van der Waals surface area contributed by atoms with Crippen molar-refractivity contribution in [3.05, 3.63) is 83.1 Å². The average Bonchev–Trinajstić information content (AvgIpc) is 3.33. The number of rotatable bonds is 10. The molecule has 2 aliphatic rings. The number of esters is 1. The van der Waals surface area contributed by atoms with Gasteiger partial charge in [-0.25, -0.2) is 14.8 Å². The van der Waals surface area contributed by atoms with Crippen molar-refractivity contribution >= 4 is 22.8 Å². The molecule has 0 saturated carbocycles. The zero-order valence-electron chi connectivity index (χ0n) is 24.0. The number of hydrogen-bond donors (Lipinski definition) is 0. The Kier molecular flexibility index (Phi) is 8.25. The van der Waals surface area contributed by atoms with E-state index in [4.69, 9.17) is 24.2 Å². The summed E-state index contributed by atoms with van der Waals surface area (Å²) >= 11 is 0. The van der Waals surface area contributed by atoms with Gasteiger partial charge in [0.25, 0.3) is 0 Å². The predicted octanol–water partition coefficient (Wildman–Crippen LogP) is 4.56. The van der Waals surface area contributed by atoms with Crippen molar-refractivity contribution in [2.24, 2.45) is 0 Å². The Morgan fingerprint density at radius 2 is 1.83 bits per heavy atom. The van der Waals surface area contributed by atoms with E-state index in [0.717, 1.165) is 80.3 Å². The molecule has 42 heavy (non-hydrogen) atoms. The summed E-state index contributed by atoms with van der Waals surface area (Å²) in [5.41, 5.74) is 4.70. The number of ether oxygens (including phenoxy) is 3. The first kappa shape index (κ1) is 28.0. The molecule has 6 rings (SSSR count). The van der Waals surface area contributed by atoms with E-state index in [2.05, 4.69) is 20.5 Å². The second-order valence-corrected chi connectivity index (χ2v) is 10.9. The van der Waals surface area contributed by atoms with E-state index in [1.54, 1.807) is 18.3 Å². The monoisotopic (exact) mass is 569 g/mol. The van der Waals surface area contributed by atoms with Crippen LogP contribution in [0.3, 0.4) is 0 Å². The van der Waals surface area contributed by atoms with Gasteiger partial charge in [-0.05, 0) is 75.7 Å². The molecule has 1 atom stereocenters. The number of benzene rings is 1. The van der Waals surface area contributed by atoms with Crippen LogP contribution in [0.15, 0.2) is 54.7 Å². The summed E-state index contributed by atoms with van der Waals surface area (Å²) in [7, 11) is 1.40. The molecule has 3 aromatic heterocycles. The largest absolute Gasteiger partial charge is 0.471 e. The van der Waals surface area contributed by atoms with E-state index < -0.39 is 0 Å². The van der Waals surface area contributed by atoms with Gasteiger partial charge in [0.05, 0.1) is 48.6 Å². The molecule has 0 aliphatic carbocycles. The number of carbonyl (C=O) groups is 2. The van der Waals surface area contributed by atoms with Crippen LogP contribution >= 0.6 is 0 Å². The fraction of sp³-hybridized carbons (Fsp3) is 0.406. The fourth-order valence-electron chi connectivity index (χ4n) is 5.57. The lowest BCUT2D eigenvalue weighted by Crippen LogP contribution is -2.35. The van der Waals surface area contributed by atoms with E-state index in [0.29, 0.717) is 29.5 Å². The summed E-state index contributed by atoms with van der Waals surface area (Å²) in [6.45, 7) is 5.92. The third-order valence-electron chi connectivity index (χ3n) is 8.14. The van der Waals surface area contributed by atoms with Crippen molar-refractivity contribution in [3.63, 3.8) is 0 Å². The number of Topliss-reactive ketones (excluding diaryl/α,β-unsaturated/α-hetero) is 1. The zero-order valence-corrected chi connectivity index (χ0v) is 24.0. The molecule has 0 spiro atoms. The second kappa shape index (κ2) is 12.4. The SMILES string of the molecule is COC(=O)c1ccc2nc(CN3CCC(c4cccc(OCc5ccc(C(C)=O)cn5)n4)CC3)n(CC3CCO3)c2c1. The van der Waals surface area contributed by atoms with Crippen molar-refractivity contribution in [3.8, 4) is 5.88 Å². The molecule has 10 heteroatoms. The highest BCUT2D eigenvalue weighted by atomic mass is 16.5. The van der Waals surface area contributed by atoms with E-state index in [1.165, 1.54) is 14.0 Å². The maximum atomic E-state index is 12.2. The van der Waals surface area contributed by atoms with Gasteiger partial charge in [0.15, 0.2) is 5.78 Å². The number of hydrogen-bond acceptors (Lipinski definition) is 9. The number of carbonyl (C=O) groups excluding carboxylic acids is 2. The summed E-state index contributed by atoms with van der Waals surface area (Å²) in [4.78, 5) is 40.2. The number of imidazole rings is 1. The molecule has 0 radical (unpaired) electrons. The smallest absolute Gasteiger partial charge is 0.337 e. The van der Waals surface area contributed by atoms with Crippen LogP contribution in [0.1, 0.15) is 70.0 Å². The normalized spacial score (nSPS) is 17.6. The Balaban J connectivity index is 1.09. The highest BCUT2D eigenvalue weighted by Gasteiger charge is 2.26. The Morgan fingerprint density at radius 1 is 1.02 bits per heavy atom. The van der Waals surface area contributed by atoms with E-state index in [9.17, 15) is 9.59 Å². The molecule has 0 amide bonds. The van der Waals surface area contributed by atoms with Crippen LogP contribution in [-0.2, 0) is 29.2 Å². The van der Waals surface area contributed by atoms with Gasteiger partial charge in [0.1, 0.15) is 12.4 Å². The number of ketones is 1. The minimum Gasteiger partial charge on any atom is -0.471 e. The van der Waals surface area contributed by atoms with Gasteiger partial charge in [0.2, 0.25) is 5.88 Å². The van der Waals surface area contributed by atoms with Crippen molar-refractivity contribution in [1.82, 2.24) is 24.4 Å². The second-order valence-electron chi connectivity index (χ2n) is 10.9. The van der Waals surface area contributed by atoms with Crippen LogP contribution in [0.2, 0.25) is 0 Å². The summed E-state index contributed by atoms with van der Waals surface area (Å²) in [6, 6.07) is 15.0. The molecule has 1 unspecified atom stereocenters. The maximum Gasteiger partial charge on any atom is 0.337 e. The molecule has 10 nitrogen and oxygen atoms in total. The average molecular weight is 570 g/mol. The molecular formula is C32H35N5O5. The Labute approximate surface area is 244 Å². The predicted molar refractivity (Wildman–Crippen MR) is 155 cm³/mol. The topological polar surface area (TPSA) is 109 Å². The molecule has 1 aromatic carbocycles. The minimum absolute atomic E-state index is 0.00784. The molecule has 0 N–H and O–H groups in total. The van der Waals surface area contributed by atoms with Crippen LogP contribution in [0.4, 0.5) is 0 Å². The molecule has 218 valence electrons. The van der Waals surface area contributed by atoms with Gasteiger partial charge in [0, 0.05) is 36.0 Å². The van der Waals surface area contributed by atoms with Gasteiger partial charge < -0.3 is 18.8 Å². The quantitative estimate of drug-likeness (QED) is 0.201. The van der Waals surface area contributed by atoms with Crippen molar-refractivity contribution in [1.29, 1.82) is 0 Å². The van der Waals surface area contributed by atoms with Crippen LogP contribution in [0, 0.1) is 0 Å². The number of methoxy groups -OCH3 is 1. The first-order chi connectivity index (χ1) is 20.5. The number of nitrogens with zero attached hydrogens (tertiary/aromatic N) is 5. The summed E-state index contributed by atoms with van der Waals surface area (Å²) in [6.07, 6.45) is 4.75. The Hall–Kier alpha value is -4.15. The fourth-order valence-corrected chi connectivity index (χ4v) is 5.57. The molecule has 2 saturated heterocycles. The summed E-state index contributed by atoms with van der Waals surface area (Å²) < 4.78 is 18.8. The van der Waals surface area contributed by atoms with E-state index in [1.807, 2.05) is 30.3 Å². The number of piperidine rings is 1. The highest BCUT2D eigenvalue weighted by molar-refractivity contribution is 5.94. The number of pyridine rings is 2. The van der Waals surface area contributed by atoms with Crippen molar-refractivity contribution in [2.75, 3.05) is 26.8 Å². The standard InChI is InChI=1S/C32H35N5O5/c1-21(38)24-6-8-25(33-17-24)20-42-31-5-3-4-27(35-31)22-10-13-36(14-11-22)19-30-34-28-9-7-23(32(39)40-2)16-29(28)37(30)18-26-12-15-41-26/h3-9,16-17,22,26H,10-15,18-20H2,1-2H3. The Morgan fingerprint density at radius 3 is 2.52 bits per heavy atom. The lowest BCUT2D eigenvalue weighted by molar-refractivity contribution is -0.0592. The van der Waals surface area contributed by atoms with Crippen LogP contribution < -0.4 is 4.74 Å². The number of fused-ring (bicyclic) bond motifs is 1. The number of aromatic nitrogens is 4. The van der Waals surface area contributed by atoms with Gasteiger partial charge >= 0.3 is 5.97 Å². The third kappa shape index (κ3) is 6.19. The third-order valence-corrected chi connectivity index (χ3v) is 8.14. The Bertz CT molecular complexity index is 1570. The van der Waals surface area contributed by atoms with Crippen LogP contribution in [0.5, 0.6) is 5.88 Å². The van der Waals surface area contributed by atoms with Crippen molar-refractivity contribution in [2.45, 2.75) is 57.9 Å². The lowest BCUT2D eigenvalue weighted by Gasteiger charge is -2.32. The van der Waals surface area contributed by atoms with Gasteiger partial charge in [-0.2, -0.15) is 0 Å². The van der Waals surface area contributed by atoms with Gasteiger partial charge in [-0.1, -0.05) is 6.07 Å². The number of likely N-dealkylation sites (tertiary alicyclic amines) is 1. The summed E-state index contributed by atoms with van der Waals surface area (Å²) in [5.74, 6) is 1.55. The molecule has 4 aromatic rings. The van der Waals surface area contributed by atoms with E-state index >= 15 is 0 Å². The van der Waals surface area contributed by atoms with Gasteiger partial charge in [-0.15, -0.1) is 0 Å². The zero-order chi connectivity index (χ0) is 29.1. The molecular weight excluding hydrogens is 534 g/mol. The molecule has 2 aliphatic heterocycles. The van der Waals surface area contributed by atoms with Crippen molar-refractivity contribution < 1.29 is 23.8 Å². The highest BCUT2D eigenvalue weighted by Crippen LogP contribution is 2.30. The first-order valence-electron chi connectivity index (χ1n) is 14.4. The molecule has 2 fully saturated rings. The van der Waals surface area contributed by atoms with Gasteiger partial charge in [-0.3, -0.25) is 14.7 Å².